The number of imidazole rings is 1. The van der Waals surface area contributed by atoms with Crippen molar-refractivity contribution in [2.24, 2.45) is 7.05 Å². The van der Waals surface area contributed by atoms with Gasteiger partial charge in [0, 0.05) is 34.8 Å². The second-order valence-electron chi connectivity index (χ2n) is 4.27. The molecule has 96 valence electrons. The van der Waals surface area contributed by atoms with E-state index in [1.807, 2.05) is 31.7 Å². The van der Waals surface area contributed by atoms with E-state index in [1.165, 1.54) is 3.57 Å². The lowest BCUT2D eigenvalue weighted by molar-refractivity contribution is 0.710. The van der Waals surface area contributed by atoms with Crippen LogP contribution in [0.1, 0.15) is 5.69 Å². The predicted molar refractivity (Wildman–Crippen MR) is 80.5 cm³/mol. The molecule has 0 fully saturated rings. The molecule has 5 nitrogen and oxygen atoms in total. The molecule has 0 saturated heterocycles. The maximum Gasteiger partial charge on any atom is 0.140 e. The third-order valence-corrected chi connectivity index (χ3v) is 3.45. The van der Waals surface area contributed by atoms with E-state index >= 15 is 0 Å². The first-order chi connectivity index (χ1) is 9.22. The molecule has 0 radical (unpaired) electrons. The normalized spacial score (nSPS) is 10.8. The zero-order valence-electron chi connectivity index (χ0n) is 10.4. The van der Waals surface area contributed by atoms with E-state index in [4.69, 9.17) is 0 Å². The predicted octanol–water partition coefficient (Wildman–Crippen LogP) is 2.33. The Morgan fingerprint density at radius 2 is 2.21 bits per heavy atom. The van der Waals surface area contributed by atoms with Gasteiger partial charge >= 0.3 is 0 Å². The zero-order valence-corrected chi connectivity index (χ0v) is 12.5. The number of hydrogen-bond acceptors (Lipinski definition) is 3. The van der Waals surface area contributed by atoms with Crippen molar-refractivity contribution in [3.8, 4) is 11.4 Å². The Bertz CT molecular complexity index is 700. The molecule has 1 aromatic carbocycles. The van der Waals surface area contributed by atoms with Crippen LogP contribution in [-0.4, -0.2) is 24.5 Å². The fourth-order valence-corrected chi connectivity index (χ4v) is 2.51. The van der Waals surface area contributed by atoms with Crippen molar-refractivity contribution in [3.05, 3.63) is 52.1 Å². The lowest BCUT2D eigenvalue weighted by atomic mass is 10.2. The molecule has 0 atom stereocenters. The number of benzene rings is 1. The maximum atomic E-state index is 4.44. The molecule has 2 aromatic heterocycles. The van der Waals surface area contributed by atoms with E-state index in [2.05, 4.69) is 60.7 Å². The Labute approximate surface area is 124 Å². The highest BCUT2D eigenvalue weighted by Crippen LogP contribution is 2.20. The molecule has 0 saturated carbocycles. The van der Waals surface area contributed by atoms with Crippen LogP contribution < -0.4 is 0 Å². The number of aromatic nitrogens is 5. The van der Waals surface area contributed by atoms with Gasteiger partial charge in [0.05, 0.1) is 6.54 Å². The molecule has 0 aliphatic rings. The third kappa shape index (κ3) is 2.67. The average molecular weight is 365 g/mol. The quantitative estimate of drug-likeness (QED) is 0.670. The summed E-state index contributed by atoms with van der Waals surface area (Å²) in [5.74, 6) is 0.948. The minimum absolute atomic E-state index is 0.675. The van der Waals surface area contributed by atoms with E-state index in [-0.39, 0.29) is 0 Å². The summed E-state index contributed by atoms with van der Waals surface area (Å²) in [5.41, 5.74) is 2.04. The summed E-state index contributed by atoms with van der Waals surface area (Å²) >= 11 is 2.31. The van der Waals surface area contributed by atoms with Crippen molar-refractivity contribution >= 4 is 22.6 Å². The standard InChI is InChI=1S/C13H12IN5/c1-18-8-12(16-17-18)9-19-6-5-15-13(19)10-3-2-4-11(14)7-10/h2-8H,9H2,1H3. The van der Waals surface area contributed by atoms with Crippen molar-refractivity contribution < 1.29 is 0 Å². The summed E-state index contributed by atoms with van der Waals surface area (Å²) in [6.45, 7) is 0.675. The van der Waals surface area contributed by atoms with Gasteiger partial charge in [-0.05, 0) is 34.7 Å². The van der Waals surface area contributed by atoms with Gasteiger partial charge in [0.15, 0.2) is 0 Å². The Morgan fingerprint density at radius 3 is 2.95 bits per heavy atom. The van der Waals surface area contributed by atoms with Crippen LogP contribution in [0.25, 0.3) is 11.4 Å². The average Bonchev–Trinajstić information content (AvgIpc) is 2.99. The van der Waals surface area contributed by atoms with Gasteiger partial charge in [-0.15, -0.1) is 5.10 Å². The van der Waals surface area contributed by atoms with E-state index in [0.717, 1.165) is 17.1 Å². The summed E-state index contributed by atoms with van der Waals surface area (Å²) in [6, 6.07) is 8.30. The summed E-state index contributed by atoms with van der Waals surface area (Å²) in [4.78, 5) is 4.44. The van der Waals surface area contributed by atoms with Crippen molar-refractivity contribution in [2.45, 2.75) is 6.54 Å². The maximum absolute atomic E-state index is 4.44. The number of hydrogen-bond donors (Lipinski definition) is 0. The summed E-state index contributed by atoms with van der Waals surface area (Å²) in [5, 5.41) is 8.05. The largest absolute Gasteiger partial charge is 0.325 e. The van der Waals surface area contributed by atoms with Crippen LogP contribution in [0.15, 0.2) is 42.9 Å². The van der Waals surface area contributed by atoms with Crippen molar-refractivity contribution in [1.82, 2.24) is 24.5 Å². The van der Waals surface area contributed by atoms with Crippen LogP contribution in [0.2, 0.25) is 0 Å². The zero-order chi connectivity index (χ0) is 13.2. The van der Waals surface area contributed by atoms with Gasteiger partial charge in [0.1, 0.15) is 11.5 Å². The molecule has 3 aromatic rings. The smallest absolute Gasteiger partial charge is 0.140 e. The lowest BCUT2D eigenvalue weighted by Crippen LogP contribution is -2.01. The van der Waals surface area contributed by atoms with Gasteiger partial charge < -0.3 is 4.57 Å². The van der Waals surface area contributed by atoms with Gasteiger partial charge in [-0.3, -0.25) is 4.68 Å². The Kier molecular flexibility index (Phi) is 3.33. The van der Waals surface area contributed by atoms with Gasteiger partial charge in [0.2, 0.25) is 0 Å². The monoisotopic (exact) mass is 365 g/mol. The molecule has 0 amide bonds. The summed E-state index contributed by atoms with van der Waals surface area (Å²) < 4.78 is 4.98. The molecule has 0 N–H and O–H groups in total. The Balaban J connectivity index is 1.94. The highest BCUT2D eigenvalue weighted by Gasteiger charge is 2.08. The van der Waals surface area contributed by atoms with Gasteiger partial charge in [0.25, 0.3) is 0 Å². The van der Waals surface area contributed by atoms with Crippen LogP contribution in [-0.2, 0) is 13.6 Å². The van der Waals surface area contributed by atoms with Gasteiger partial charge in [-0.2, -0.15) is 0 Å². The fourth-order valence-electron chi connectivity index (χ4n) is 1.97. The molecule has 0 spiro atoms. The lowest BCUT2D eigenvalue weighted by Gasteiger charge is -2.06. The van der Waals surface area contributed by atoms with Gasteiger partial charge in [-0.25, -0.2) is 4.98 Å². The first-order valence-corrected chi connectivity index (χ1v) is 6.92. The highest BCUT2D eigenvalue weighted by atomic mass is 127. The molecular formula is C13H12IN5. The summed E-state index contributed by atoms with van der Waals surface area (Å²) in [7, 11) is 1.87. The second kappa shape index (κ2) is 5.12. The van der Waals surface area contributed by atoms with E-state index in [1.54, 1.807) is 4.68 Å². The molecular weight excluding hydrogens is 353 g/mol. The minimum atomic E-state index is 0.675. The third-order valence-electron chi connectivity index (χ3n) is 2.78. The van der Waals surface area contributed by atoms with Crippen LogP contribution in [0.5, 0.6) is 0 Å². The molecule has 2 heterocycles. The second-order valence-corrected chi connectivity index (χ2v) is 5.52. The number of aryl methyl sites for hydroxylation is 1. The van der Waals surface area contributed by atoms with E-state index in [9.17, 15) is 0 Å². The van der Waals surface area contributed by atoms with Crippen LogP contribution in [0.3, 0.4) is 0 Å². The topological polar surface area (TPSA) is 48.5 Å². The van der Waals surface area contributed by atoms with Gasteiger partial charge in [-0.1, -0.05) is 17.3 Å². The van der Waals surface area contributed by atoms with Crippen LogP contribution in [0.4, 0.5) is 0 Å². The molecule has 3 rings (SSSR count). The number of halogens is 1. The van der Waals surface area contributed by atoms with Crippen molar-refractivity contribution in [1.29, 1.82) is 0 Å². The fraction of sp³-hybridized carbons (Fsp3) is 0.154. The Hall–Kier alpha value is -1.70. The molecule has 0 bridgehead atoms. The SMILES string of the molecule is Cn1cc(Cn2ccnc2-c2cccc(I)c2)nn1. The highest BCUT2D eigenvalue weighted by molar-refractivity contribution is 14.1. The van der Waals surface area contributed by atoms with E-state index < -0.39 is 0 Å². The molecule has 0 aliphatic heterocycles. The first kappa shape index (κ1) is 12.3. The number of nitrogens with zero attached hydrogens (tertiary/aromatic N) is 5. The molecule has 6 heteroatoms. The first-order valence-electron chi connectivity index (χ1n) is 5.84. The number of rotatable bonds is 3. The molecule has 0 aliphatic carbocycles. The minimum Gasteiger partial charge on any atom is -0.325 e. The Morgan fingerprint density at radius 1 is 1.32 bits per heavy atom. The van der Waals surface area contributed by atoms with Crippen LogP contribution >= 0.6 is 22.6 Å². The van der Waals surface area contributed by atoms with E-state index in [0.29, 0.717) is 6.54 Å². The van der Waals surface area contributed by atoms with Crippen LogP contribution in [0, 0.1) is 3.57 Å². The van der Waals surface area contributed by atoms with Crippen molar-refractivity contribution in [2.75, 3.05) is 0 Å². The molecule has 19 heavy (non-hydrogen) atoms. The summed E-state index contributed by atoms with van der Waals surface area (Å²) in [6.07, 6.45) is 5.69. The van der Waals surface area contributed by atoms with Crippen molar-refractivity contribution in [3.63, 3.8) is 0 Å². The molecule has 0 unspecified atom stereocenters.